The first-order valence-corrected chi connectivity index (χ1v) is 11.0. The number of carbonyl (C=O) groups is 1. The van der Waals surface area contributed by atoms with Gasteiger partial charge in [0.15, 0.2) is 23.2 Å². The Bertz CT molecular complexity index is 1080. The second-order valence-electron chi connectivity index (χ2n) is 7.83. The SMILES string of the molecule is O=C(Cc1ccccc1)NCCOCCNc1ncnc2c1ncn2[C@@H]1O[C@H](CO)[C@@H](O)[C@H]1O. The first-order chi connectivity index (χ1) is 16.6. The molecule has 4 rings (SSSR count). The highest BCUT2D eigenvalue weighted by Crippen LogP contribution is 2.31. The van der Waals surface area contributed by atoms with Crippen molar-refractivity contribution in [3.8, 4) is 0 Å². The van der Waals surface area contributed by atoms with Crippen molar-refractivity contribution in [3.63, 3.8) is 0 Å². The van der Waals surface area contributed by atoms with E-state index in [-0.39, 0.29) is 5.91 Å². The summed E-state index contributed by atoms with van der Waals surface area (Å²) in [5, 5.41) is 35.5. The fourth-order valence-corrected chi connectivity index (χ4v) is 3.73. The number of benzene rings is 1. The molecule has 1 aromatic carbocycles. The minimum absolute atomic E-state index is 0.0546. The number of imidazole rings is 1. The molecule has 12 nitrogen and oxygen atoms in total. The number of anilines is 1. The van der Waals surface area contributed by atoms with Crippen LogP contribution >= 0.6 is 0 Å². The van der Waals surface area contributed by atoms with Crippen LogP contribution in [0, 0.1) is 0 Å². The molecule has 182 valence electrons. The van der Waals surface area contributed by atoms with E-state index in [0.717, 1.165) is 5.56 Å². The van der Waals surface area contributed by atoms with Gasteiger partial charge in [-0.15, -0.1) is 0 Å². The summed E-state index contributed by atoms with van der Waals surface area (Å²) in [6, 6.07) is 9.53. The number of fused-ring (bicyclic) bond motifs is 1. The summed E-state index contributed by atoms with van der Waals surface area (Å²) in [5.74, 6) is 0.427. The molecule has 0 radical (unpaired) electrons. The van der Waals surface area contributed by atoms with Crippen LogP contribution in [0.1, 0.15) is 11.8 Å². The lowest BCUT2D eigenvalue weighted by Crippen LogP contribution is -2.33. The molecule has 0 saturated carbocycles. The Morgan fingerprint density at radius 3 is 2.65 bits per heavy atom. The first-order valence-electron chi connectivity index (χ1n) is 11.0. The van der Waals surface area contributed by atoms with Crippen molar-refractivity contribution in [2.75, 3.05) is 38.2 Å². The average Bonchev–Trinajstić information content (AvgIpc) is 3.40. The summed E-state index contributed by atoms with van der Waals surface area (Å²) in [5.41, 5.74) is 1.84. The maximum absolute atomic E-state index is 11.9. The molecule has 1 aliphatic heterocycles. The number of rotatable bonds is 11. The molecule has 1 amide bonds. The third kappa shape index (κ3) is 5.48. The Kier molecular flexibility index (Phi) is 7.98. The van der Waals surface area contributed by atoms with Crippen molar-refractivity contribution in [2.24, 2.45) is 0 Å². The molecule has 3 heterocycles. The standard InChI is InChI=1S/C22H28N6O6/c29-11-15-18(31)19(32)22(34-15)28-13-27-17-20(25-12-26-21(17)28)24-7-9-33-8-6-23-16(30)10-14-4-2-1-3-5-14/h1-5,12-13,15,18-19,22,29,31-32H,6-11H2,(H,23,30)(H,24,25,26)/t15-,18-,19-,22-/m1/s1. The fourth-order valence-electron chi connectivity index (χ4n) is 3.73. The minimum Gasteiger partial charge on any atom is -0.394 e. The molecule has 0 spiro atoms. The number of aliphatic hydroxyl groups is 3. The van der Waals surface area contributed by atoms with Crippen LogP contribution in [0.4, 0.5) is 5.82 Å². The molecule has 5 N–H and O–H groups in total. The monoisotopic (exact) mass is 472 g/mol. The number of nitrogens with one attached hydrogen (secondary N) is 2. The van der Waals surface area contributed by atoms with E-state index in [2.05, 4.69) is 25.6 Å². The zero-order chi connectivity index (χ0) is 23.9. The Balaban J connectivity index is 1.22. The Hall–Kier alpha value is -3.16. The summed E-state index contributed by atoms with van der Waals surface area (Å²) in [6.07, 6.45) is -1.14. The third-order valence-corrected chi connectivity index (χ3v) is 5.46. The second-order valence-corrected chi connectivity index (χ2v) is 7.83. The van der Waals surface area contributed by atoms with Gasteiger partial charge in [0.2, 0.25) is 5.91 Å². The Morgan fingerprint density at radius 2 is 1.88 bits per heavy atom. The molecular weight excluding hydrogens is 444 g/mol. The highest BCUT2D eigenvalue weighted by Gasteiger charge is 2.44. The van der Waals surface area contributed by atoms with Gasteiger partial charge in [-0.25, -0.2) is 15.0 Å². The number of ether oxygens (including phenoxy) is 2. The smallest absolute Gasteiger partial charge is 0.224 e. The molecule has 1 aliphatic rings. The number of hydrogen-bond donors (Lipinski definition) is 5. The van der Waals surface area contributed by atoms with Gasteiger partial charge in [0, 0.05) is 13.1 Å². The number of hydrogen-bond acceptors (Lipinski definition) is 10. The Labute approximate surface area is 195 Å². The van der Waals surface area contributed by atoms with Crippen LogP contribution in [-0.2, 0) is 20.7 Å². The van der Waals surface area contributed by atoms with Gasteiger partial charge in [-0.3, -0.25) is 9.36 Å². The molecule has 12 heteroatoms. The van der Waals surface area contributed by atoms with Crippen molar-refractivity contribution in [1.82, 2.24) is 24.8 Å². The molecule has 1 fully saturated rings. The number of aliphatic hydroxyl groups excluding tert-OH is 3. The lowest BCUT2D eigenvalue weighted by atomic mass is 10.1. The van der Waals surface area contributed by atoms with E-state index < -0.39 is 31.1 Å². The van der Waals surface area contributed by atoms with E-state index in [1.54, 1.807) is 0 Å². The zero-order valence-electron chi connectivity index (χ0n) is 18.4. The molecule has 0 unspecified atom stereocenters. The van der Waals surface area contributed by atoms with Crippen LogP contribution in [0.15, 0.2) is 43.0 Å². The first kappa shape index (κ1) is 24.0. The van der Waals surface area contributed by atoms with Gasteiger partial charge in [0.05, 0.1) is 32.6 Å². The molecule has 3 aromatic rings. The second kappa shape index (κ2) is 11.3. The van der Waals surface area contributed by atoms with Crippen LogP contribution in [0.25, 0.3) is 11.2 Å². The molecule has 0 aliphatic carbocycles. The predicted molar refractivity (Wildman–Crippen MR) is 121 cm³/mol. The van der Waals surface area contributed by atoms with Crippen molar-refractivity contribution in [3.05, 3.63) is 48.5 Å². The third-order valence-electron chi connectivity index (χ3n) is 5.46. The quantitative estimate of drug-likeness (QED) is 0.224. The van der Waals surface area contributed by atoms with Crippen molar-refractivity contribution >= 4 is 22.9 Å². The van der Waals surface area contributed by atoms with Gasteiger partial charge in [-0.1, -0.05) is 30.3 Å². The Morgan fingerprint density at radius 1 is 1.09 bits per heavy atom. The highest BCUT2D eigenvalue weighted by atomic mass is 16.6. The number of nitrogens with zero attached hydrogens (tertiary/aromatic N) is 4. The van der Waals surface area contributed by atoms with Crippen molar-refractivity contribution in [1.29, 1.82) is 0 Å². The molecule has 1 saturated heterocycles. The van der Waals surface area contributed by atoms with Crippen LogP contribution in [0.5, 0.6) is 0 Å². The van der Waals surface area contributed by atoms with E-state index >= 15 is 0 Å². The summed E-state index contributed by atoms with van der Waals surface area (Å²) in [4.78, 5) is 24.7. The normalized spacial score (nSPS) is 22.2. The highest BCUT2D eigenvalue weighted by molar-refractivity contribution is 5.82. The van der Waals surface area contributed by atoms with Gasteiger partial charge < -0.3 is 35.4 Å². The maximum atomic E-state index is 11.9. The summed E-state index contributed by atoms with van der Waals surface area (Å²) >= 11 is 0. The van der Waals surface area contributed by atoms with Crippen LogP contribution in [0.2, 0.25) is 0 Å². The van der Waals surface area contributed by atoms with Crippen molar-refractivity contribution < 1.29 is 29.6 Å². The summed E-state index contributed by atoms with van der Waals surface area (Å²) in [6.45, 7) is 1.21. The molecule has 0 bridgehead atoms. The minimum atomic E-state index is -1.23. The number of aromatic nitrogens is 4. The van der Waals surface area contributed by atoms with E-state index in [1.165, 1.54) is 17.2 Å². The summed E-state index contributed by atoms with van der Waals surface area (Å²) < 4.78 is 12.6. The lowest BCUT2D eigenvalue weighted by molar-refractivity contribution is -0.120. The van der Waals surface area contributed by atoms with E-state index in [9.17, 15) is 20.1 Å². The van der Waals surface area contributed by atoms with E-state index in [4.69, 9.17) is 9.47 Å². The predicted octanol–water partition coefficient (Wildman–Crippen LogP) is -0.775. The van der Waals surface area contributed by atoms with Crippen LogP contribution in [-0.4, -0.2) is 92.0 Å². The van der Waals surface area contributed by atoms with Gasteiger partial charge in [0.1, 0.15) is 24.6 Å². The van der Waals surface area contributed by atoms with Gasteiger partial charge >= 0.3 is 0 Å². The molecule has 4 atom stereocenters. The van der Waals surface area contributed by atoms with Crippen LogP contribution in [0.3, 0.4) is 0 Å². The van der Waals surface area contributed by atoms with E-state index in [1.807, 2.05) is 30.3 Å². The van der Waals surface area contributed by atoms with Gasteiger partial charge in [-0.2, -0.15) is 0 Å². The van der Waals surface area contributed by atoms with E-state index in [0.29, 0.717) is 49.7 Å². The molecule has 34 heavy (non-hydrogen) atoms. The van der Waals surface area contributed by atoms with Gasteiger partial charge in [0.25, 0.3) is 0 Å². The van der Waals surface area contributed by atoms with Crippen LogP contribution < -0.4 is 10.6 Å². The summed E-state index contributed by atoms with van der Waals surface area (Å²) in [7, 11) is 0. The number of carbonyl (C=O) groups excluding carboxylic acids is 1. The largest absolute Gasteiger partial charge is 0.394 e. The van der Waals surface area contributed by atoms with Gasteiger partial charge in [-0.05, 0) is 5.56 Å². The zero-order valence-corrected chi connectivity index (χ0v) is 18.4. The van der Waals surface area contributed by atoms with Crippen molar-refractivity contribution in [2.45, 2.75) is 31.0 Å². The molecular formula is C22H28N6O6. The molecule has 2 aromatic heterocycles. The average molecular weight is 473 g/mol. The number of amides is 1. The fraction of sp³-hybridized carbons (Fsp3) is 0.455. The topological polar surface area (TPSA) is 164 Å². The maximum Gasteiger partial charge on any atom is 0.224 e. The lowest BCUT2D eigenvalue weighted by Gasteiger charge is -2.16.